The molecule has 7 heteroatoms. The minimum Gasteiger partial charge on any atom is -0.376 e. The summed E-state index contributed by atoms with van der Waals surface area (Å²) in [5, 5.41) is 5.58. The minimum atomic E-state index is -0.498. The molecule has 1 saturated heterocycles. The number of anilines is 1. The summed E-state index contributed by atoms with van der Waals surface area (Å²) in [6.07, 6.45) is 1.90. The van der Waals surface area contributed by atoms with Crippen molar-refractivity contribution in [1.82, 2.24) is 5.32 Å². The highest BCUT2D eigenvalue weighted by Crippen LogP contribution is 2.13. The van der Waals surface area contributed by atoms with Crippen LogP contribution in [0.2, 0.25) is 0 Å². The Bertz CT molecular complexity index is 788. The topological polar surface area (TPSA) is 62.7 Å². The number of aliphatic imine (C=N–C) groups is 1. The molecular weight excluding hydrogens is 340 g/mol. The normalized spacial score (nSPS) is 17.2. The zero-order chi connectivity index (χ0) is 18.4. The molecule has 1 atom stereocenters. The van der Waals surface area contributed by atoms with Gasteiger partial charge < -0.3 is 10.1 Å². The molecule has 2 aromatic carbocycles. The van der Waals surface area contributed by atoms with E-state index >= 15 is 0 Å². The smallest absolute Gasteiger partial charge is 0.258 e. The molecule has 1 fully saturated rings. The molecule has 0 saturated carbocycles. The van der Waals surface area contributed by atoms with Crippen molar-refractivity contribution in [3.63, 3.8) is 0 Å². The molecule has 0 aliphatic carbocycles. The molecule has 1 aliphatic heterocycles. The molecule has 0 bridgehead atoms. The Balaban J connectivity index is 1.73. The van der Waals surface area contributed by atoms with Crippen molar-refractivity contribution < 1.29 is 18.3 Å². The van der Waals surface area contributed by atoms with Gasteiger partial charge in [0.1, 0.15) is 11.6 Å². The van der Waals surface area contributed by atoms with E-state index in [4.69, 9.17) is 4.74 Å². The highest BCUT2D eigenvalue weighted by atomic mass is 19.1. The van der Waals surface area contributed by atoms with Gasteiger partial charge in [-0.25, -0.2) is 13.8 Å². The van der Waals surface area contributed by atoms with Crippen molar-refractivity contribution >= 4 is 17.6 Å². The first-order valence-corrected chi connectivity index (χ1v) is 8.36. The number of ether oxygens (including phenoxy) is 1. The van der Waals surface area contributed by atoms with Crippen LogP contribution in [0.1, 0.15) is 23.2 Å². The van der Waals surface area contributed by atoms with Crippen LogP contribution < -0.4 is 10.6 Å². The predicted molar refractivity (Wildman–Crippen MR) is 95.2 cm³/mol. The number of nitrogens with one attached hydrogen (secondary N) is 2. The Labute approximate surface area is 150 Å². The number of halogens is 2. The van der Waals surface area contributed by atoms with Gasteiger partial charge in [0.15, 0.2) is 0 Å². The Morgan fingerprint density at radius 2 is 1.96 bits per heavy atom. The van der Waals surface area contributed by atoms with Crippen LogP contribution in [0.15, 0.2) is 53.5 Å². The summed E-state index contributed by atoms with van der Waals surface area (Å²) in [5.74, 6) is -1.16. The lowest BCUT2D eigenvalue weighted by Gasteiger charge is -2.13. The number of benzene rings is 2. The summed E-state index contributed by atoms with van der Waals surface area (Å²) in [5.41, 5.74) is 0.743. The Morgan fingerprint density at radius 1 is 1.15 bits per heavy atom. The molecule has 0 radical (unpaired) electrons. The third-order valence-corrected chi connectivity index (χ3v) is 3.90. The number of amides is 1. The molecule has 1 aliphatic rings. The molecule has 26 heavy (non-hydrogen) atoms. The lowest BCUT2D eigenvalue weighted by atomic mass is 10.2. The molecule has 0 aromatic heterocycles. The van der Waals surface area contributed by atoms with Gasteiger partial charge in [0.25, 0.3) is 5.91 Å². The second-order valence-corrected chi connectivity index (χ2v) is 5.92. The molecule has 5 nitrogen and oxygen atoms in total. The molecular formula is C19H19F2N3O2. The SMILES string of the molecule is O=C(NC(=NC[C@H]1CCCO1)Nc1ccc(F)cc1)c1cccc(F)c1. The van der Waals surface area contributed by atoms with E-state index in [9.17, 15) is 13.6 Å². The van der Waals surface area contributed by atoms with Crippen LogP contribution in [-0.4, -0.2) is 31.1 Å². The zero-order valence-corrected chi connectivity index (χ0v) is 14.0. The standard InChI is InChI=1S/C19H19F2N3O2/c20-14-6-8-16(9-7-14)23-19(22-12-17-5-2-10-26-17)24-18(25)13-3-1-4-15(21)11-13/h1,3-4,6-9,11,17H,2,5,10,12H2,(H2,22,23,24,25)/t17-/m1/s1. The first kappa shape index (κ1) is 18.0. The van der Waals surface area contributed by atoms with E-state index in [2.05, 4.69) is 15.6 Å². The largest absolute Gasteiger partial charge is 0.376 e. The zero-order valence-electron chi connectivity index (χ0n) is 14.0. The fourth-order valence-electron chi connectivity index (χ4n) is 2.57. The van der Waals surface area contributed by atoms with Crippen molar-refractivity contribution in [2.24, 2.45) is 4.99 Å². The van der Waals surface area contributed by atoms with E-state index in [1.807, 2.05) is 0 Å². The van der Waals surface area contributed by atoms with Gasteiger partial charge in [0.05, 0.1) is 12.6 Å². The van der Waals surface area contributed by atoms with E-state index in [1.165, 1.54) is 42.5 Å². The Hall–Kier alpha value is -2.80. The van der Waals surface area contributed by atoms with Gasteiger partial charge in [-0.1, -0.05) is 6.07 Å². The molecule has 1 heterocycles. The summed E-state index contributed by atoms with van der Waals surface area (Å²) in [7, 11) is 0. The van der Waals surface area contributed by atoms with Crippen molar-refractivity contribution in [3.05, 3.63) is 65.7 Å². The van der Waals surface area contributed by atoms with Gasteiger partial charge in [-0.2, -0.15) is 0 Å². The second kappa shape index (κ2) is 8.53. The fourth-order valence-corrected chi connectivity index (χ4v) is 2.57. The van der Waals surface area contributed by atoms with E-state index in [0.717, 1.165) is 18.9 Å². The molecule has 1 amide bonds. The number of carbonyl (C=O) groups excluding carboxylic acids is 1. The fraction of sp³-hybridized carbons (Fsp3) is 0.263. The Kier molecular flexibility index (Phi) is 5.91. The second-order valence-electron chi connectivity index (χ2n) is 5.92. The molecule has 3 rings (SSSR count). The van der Waals surface area contributed by atoms with Crippen LogP contribution in [0, 0.1) is 11.6 Å². The maximum absolute atomic E-state index is 13.3. The van der Waals surface area contributed by atoms with Gasteiger partial charge in [-0.05, 0) is 55.3 Å². The Morgan fingerprint density at radius 3 is 2.65 bits per heavy atom. The van der Waals surface area contributed by atoms with Gasteiger partial charge in [-0.3, -0.25) is 10.1 Å². The third-order valence-electron chi connectivity index (χ3n) is 3.90. The number of rotatable bonds is 4. The van der Waals surface area contributed by atoms with Gasteiger partial charge in [0.2, 0.25) is 5.96 Å². The van der Waals surface area contributed by atoms with E-state index in [0.29, 0.717) is 18.8 Å². The number of hydrogen-bond donors (Lipinski definition) is 2. The van der Waals surface area contributed by atoms with E-state index in [1.54, 1.807) is 0 Å². The molecule has 2 N–H and O–H groups in total. The van der Waals surface area contributed by atoms with Crippen LogP contribution in [0.5, 0.6) is 0 Å². The average Bonchev–Trinajstić information content (AvgIpc) is 3.15. The van der Waals surface area contributed by atoms with Crippen LogP contribution >= 0.6 is 0 Å². The van der Waals surface area contributed by atoms with Gasteiger partial charge in [0, 0.05) is 17.9 Å². The minimum absolute atomic E-state index is 0.00564. The van der Waals surface area contributed by atoms with Crippen molar-refractivity contribution in [2.45, 2.75) is 18.9 Å². The maximum atomic E-state index is 13.3. The lowest BCUT2D eigenvalue weighted by Crippen LogP contribution is -2.36. The van der Waals surface area contributed by atoms with Crippen molar-refractivity contribution in [2.75, 3.05) is 18.5 Å². The number of guanidine groups is 1. The molecule has 0 spiro atoms. The van der Waals surface area contributed by atoms with Crippen molar-refractivity contribution in [1.29, 1.82) is 0 Å². The van der Waals surface area contributed by atoms with Gasteiger partial charge in [-0.15, -0.1) is 0 Å². The third kappa shape index (κ3) is 5.10. The van der Waals surface area contributed by atoms with E-state index in [-0.39, 0.29) is 23.4 Å². The molecule has 0 unspecified atom stereocenters. The summed E-state index contributed by atoms with van der Waals surface area (Å²) in [6.45, 7) is 1.09. The van der Waals surface area contributed by atoms with Crippen molar-refractivity contribution in [3.8, 4) is 0 Å². The summed E-state index contributed by atoms with van der Waals surface area (Å²) in [6, 6.07) is 11.0. The summed E-state index contributed by atoms with van der Waals surface area (Å²) in [4.78, 5) is 16.7. The molecule has 136 valence electrons. The number of hydrogen-bond acceptors (Lipinski definition) is 3. The monoisotopic (exact) mass is 359 g/mol. The number of nitrogens with zero attached hydrogens (tertiary/aromatic N) is 1. The van der Waals surface area contributed by atoms with Crippen LogP contribution in [0.4, 0.5) is 14.5 Å². The predicted octanol–water partition coefficient (Wildman–Crippen LogP) is 3.34. The summed E-state index contributed by atoms with van der Waals surface area (Å²) < 4.78 is 31.9. The quantitative estimate of drug-likeness (QED) is 0.650. The first-order valence-electron chi connectivity index (χ1n) is 8.36. The average molecular weight is 359 g/mol. The molecule has 2 aromatic rings. The van der Waals surface area contributed by atoms with Gasteiger partial charge >= 0.3 is 0 Å². The van der Waals surface area contributed by atoms with Crippen LogP contribution in [0.25, 0.3) is 0 Å². The highest BCUT2D eigenvalue weighted by Gasteiger charge is 2.16. The first-order chi connectivity index (χ1) is 12.6. The maximum Gasteiger partial charge on any atom is 0.258 e. The van der Waals surface area contributed by atoms with Crippen LogP contribution in [-0.2, 0) is 4.74 Å². The van der Waals surface area contributed by atoms with Crippen LogP contribution in [0.3, 0.4) is 0 Å². The lowest BCUT2D eigenvalue weighted by molar-refractivity contribution is 0.0975. The van der Waals surface area contributed by atoms with E-state index < -0.39 is 11.7 Å². The highest BCUT2D eigenvalue weighted by molar-refractivity contribution is 6.09. The summed E-state index contributed by atoms with van der Waals surface area (Å²) >= 11 is 0. The number of carbonyl (C=O) groups is 1.